The number of hydrogen-bond acceptors (Lipinski definition) is 2. The Morgan fingerprint density at radius 3 is 1.88 bits per heavy atom. The van der Waals surface area contributed by atoms with Gasteiger partial charge in [0.15, 0.2) is 0 Å². The van der Waals surface area contributed by atoms with Gasteiger partial charge >= 0.3 is 24.8 Å². The monoisotopic (exact) mass is 223 g/mol. The molecule has 0 aliphatic rings. The van der Waals surface area contributed by atoms with Crippen LogP contribution in [0.3, 0.4) is 0 Å². The molecule has 0 saturated carbocycles. The van der Waals surface area contributed by atoms with Gasteiger partial charge in [0.1, 0.15) is 6.04 Å². The Hall–Kier alpha value is -0.463. The first-order chi connectivity index (χ1) is 6.77. The van der Waals surface area contributed by atoms with Crippen LogP contribution in [0.25, 0.3) is 0 Å². The molecule has 0 aromatic heterocycles. The van der Waals surface area contributed by atoms with Crippen LogP contribution in [0, 0.1) is 11.8 Å². The molecule has 0 bridgehead atoms. The van der Waals surface area contributed by atoms with Crippen molar-refractivity contribution in [1.82, 2.24) is 4.90 Å². The van der Waals surface area contributed by atoms with Gasteiger partial charge in [-0.25, -0.2) is 4.79 Å². The van der Waals surface area contributed by atoms with Gasteiger partial charge < -0.3 is 10.0 Å². The second kappa shape index (κ2) is 7.75. The van der Waals surface area contributed by atoms with Crippen LogP contribution in [0.15, 0.2) is 0 Å². The molecule has 0 rings (SSSR count). The molecule has 1 amide bonds. The second-order valence-electron chi connectivity index (χ2n) is 4.63. The molecule has 16 heavy (non-hydrogen) atoms. The Kier molecular flexibility index (Phi) is 8.68. The molecule has 1 N–H and O–H groups in total. The molecule has 0 spiro atoms. The fourth-order valence-electron chi connectivity index (χ4n) is 1.55. The maximum absolute atomic E-state index is 11.7. The molecule has 0 aromatic carbocycles. The van der Waals surface area contributed by atoms with E-state index in [-0.39, 0.29) is 36.6 Å². The standard InChI is InChI=1S/C11H21NO3.Li.H/c1-7(2)6-9(13)12(5)10(8(3)4)11(14)15;;/h7-8,10H,6H2,1-5H3,(H,14,15);;. The van der Waals surface area contributed by atoms with Crippen LogP contribution < -0.4 is 0 Å². The van der Waals surface area contributed by atoms with Gasteiger partial charge in [0, 0.05) is 13.5 Å². The van der Waals surface area contributed by atoms with E-state index in [0.717, 1.165) is 0 Å². The average molecular weight is 223 g/mol. The number of nitrogens with zero attached hydrogens (tertiary/aromatic N) is 1. The molecule has 0 saturated heterocycles. The summed E-state index contributed by atoms with van der Waals surface area (Å²) < 4.78 is 0. The number of rotatable bonds is 5. The summed E-state index contributed by atoms with van der Waals surface area (Å²) in [6, 6.07) is -0.726. The van der Waals surface area contributed by atoms with Gasteiger partial charge in [-0.05, 0) is 11.8 Å². The number of carboxylic acid groups (broad SMARTS) is 1. The van der Waals surface area contributed by atoms with Gasteiger partial charge in [-0.3, -0.25) is 4.79 Å². The minimum absolute atomic E-state index is 0. The third-order valence-electron chi connectivity index (χ3n) is 2.28. The first-order valence-corrected chi connectivity index (χ1v) is 5.25. The summed E-state index contributed by atoms with van der Waals surface area (Å²) in [5.41, 5.74) is 0. The van der Waals surface area contributed by atoms with E-state index in [0.29, 0.717) is 6.42 Å². The molecule has 0 radical (unpaired) electrons. The van der Waals surface area contributed by atoms with E-state index in [4.69, 9.17) is 5.11 Å². The Balaban J connectivity index is 0. The summed E-state index contributed by atoms with van der Waals surface area (Å²) in [7, 11) is 1.56. The Labute approximate surface area is 110 Å². The van der Waals surface area contributed by atoms with Crippen LogP contribution in [-0.4, -0.2) is 53.8 Å². The third-order valence-corrected chi connectivity index (χ3v) is 2.28. The van der Waals surface area contributed by atoms with Crippen molar-refractivity contribution in [2.24, 2.45) is 11.8 Å². The SMILES string of the molecule is CC(C)CC(=O)N(C)C(C(=O)O)C(C)C.[LiH]. The Morgan fingerprint density at radius 2 is 1.62 bits per heavy atom. The fraction of sp³-hybridized carbons (Fsp3) is 0.818. The first kappa shape index (κ1) is 17.9. The summed E-state index contributed by atoms with van der Waals surface area (Å²) in [5, 5.41) is 9.00. The zero-order valence-corrected chi connectivity index (χ0v) is 10.2. The molecule has 4 nitrogen and oxygen atoms in total. The van der Waals surface area contributed by atoms with Crippen molar-refractivity contribution in [3.63, 3.8) is 0 Å². The van der Waals surface area contributed by atoms with Crippen LogP contribution >= 0.6 is 0 Å². The molecule has 0 aliphatic carbocycles. The number of hydrogen-bond donors (Lipinski definition) is 1. The van der Waals surface area contributed by atoms with Crippen molar-refractivity contribution >= 4 is 30.7 Å². The normalized spacial score (nSPS) is 12.2. The molecule has 0 fully saturated rings. The maximum atomic E-state index is 11.7. The van der Waals surface area contributed by atoms with Gasteiger partial charge in [-0.2, -0.15) is 0 Å². The fourth-order valence-corrected chi connectivity index (χ4v) is 1.55. The van der Waals surface area contributed by atoms with Crippen LogP contribution in [0.1, 0.15) is 34.1 Å². The van der Waals surface area contributed by atoms with Crippen LogP contribution in [0.5, 0.6) is 0 Å². The molecule has 5 heteroatoms. The summed E-state index contributed by atoms with van der Waals surface area (Å²) in [6.45, 7) is 7.49. The van der Waals surface area contributed by atoms with E-state index in [2.05, 4.69) is 0 Å². The predicted octanol–water partition coefficient (Wildman–Crippen LogP) is 0.952. The number of amides is 1. The molecule has 90 valence electrons. The average Bonchev–Trinajstić information content (AvgIpc) is 2.00. The van der Waals surface area contributed by atoms with Gasteiger partial charge in [0.25, 0.3) is 0 Å². The first-order valence-electron chi connectivity index (χ1n) is 5.25. The number of carbonyl (C=O) groups excluding carboxylic acids is 1. The van der Waals surface area contributed by atoms with Crippen molar-refractivity contribution in [2.75, 3.05) is 7.05 Å². The second-order valence-corrected chi connectivity index (χ2v) is 4.63. The number of aliphatic carboxylic acids is 1. The van der Waals surface area contributed by atoms with Gasteiger partial charge in [0.05, 0.1) is 0 Å². The number of likely N-dealkylation sites (N-methyl/N-ethyl adjacent to an activating group) is 1. The predicted molar refractivity (Wildman–Crippen MR) is 65.6 cm³/mol. The van der Waals surface area contributed by atoms with Gasteiger partial charge in [-0.15, -0.1) is 0 Å². The van der Waals surface area contributed by atoms with Crippen LogP contribution in [0.2, 0.25) is 0 Å². The van der Waals surface area contributed by atoms with E-state index in [1.807, 2.05) is 13.8 Å². The topological polar surface area (TPSA) is 57.6 Å². The summed E-state index contributed by atoms with van der Waals surface area (Å²) >= 11 is 0. The van der Waals surface area contributed by atoms with Gasteiger partial charge in [-0.1, -0.05) is 27.7 Å². The zero-order chi connectivity index (χ0) is 12.2. The molecule has 0 heterocycles. The molecule has 0 aromatic rings. The summed E-state index contributed by atoms with van der Waals surface area (Å²) in [4.78, 5) is 24.0. The van der Waals surface area contributed by atoms with Crippen LogP contribution in [0.4, 0.5) is 0 Å². The minimum atomic E-state index is -0.940. The molecule has 1 atom stereocenters. The van der Waals surface area contributed by atoms with E-state index in [9.17, 15) is 9.59 Å². The van der Waals surface area contributed by atoms with Crippen molar-refractivity contribution in [3.05, 3.63) is 0 Å². The van der Waals surface area contributed by atoms with Crippen LogP contribution in [-0.2, 0) is 9.59 Å². The zero-order valence-electron chi connectivity index (χ0n) is 10.2. The molecular weight excluding hydrogens is 201 g/mol. The van der Waals surface area contributed by atoms with E-state index in [1.165, 1.54) is 4.90 Å². The quantitative estimate of drug-likeness (QED) is 0.706. The van der Waals surface area contributed by atoms with Crippen molar-refractivity contribution in [1.29, 1.82) is 0 Å². The third kappa shape index (κ3) is 5.57. The number of carboxylic acids is 1. The van der Waals surface area contributed by atoms with Crippen molar-refractivity contribution < 1.29 is 14.7 Å². The van der Waals surface area contributed by atoms with E-state index in [1.54, 1.807) is 20.9 Å². The van der Waals surface area contributed by atoms with Crippen molar-refractivity contribution in [2.45, 2.75) is 40.2 Å². The van der Waals surface area contributed by atoms with E-state index < -0.39 is 12.0 Å². The Morgan fingerprint density at radius 1 is 1.19 bits per heavy atom. The molecule has 0 aliphatic heterocycles. The Bertz CT molecular complexity index is 241. The summed E-state index contributed by atoms with van der Waals surface area (Å²) in [5.74, 6) is -0.874. The molecule has 1 unspecified atom stereocenters. The van der Waals surface area contributed by atoms with Crippen molar-refractivity contribution in [3.8, 4) is 0 Å². The molecular formula is C11H22LiNO3. The number of carbonyl (C=O) groups is 2. The summed E-state index contributed by atoms with van der Waals surface area (Å²) in [6.07, 6.45) is 0.396. The van der Waals surface area contributed by atoms with Gasteiger partial charge in [0.2, 0.25) is 5.91 Å². The van der Waals surface area contributed by atoms with E-state index >= 15 is 0 Å².